The summed E-state index contributed by atoms with van der Waals surface area (Å²) in [5.41, 5.74) is 0. The average molecular weight is 351 g/mol. The minimum Gasteiger partial charge on any atom is -0.481 e. The van der Waals surface area contributed by atoms with Crippen LogP contribution in [0.25, 0.3) is 0 Å². The number of rotatable bonds is 11. The van der Waals surface area contributed by atoms with Crippen molar-refractivity contribution in [3.63, 3.8) is 0 Å². The van der Waals surface area contributed by atoms with E-state index in [2.05, 4.69) is 41.5 Å². The minimum atomic E-state index is -0.747. The van der Waals surface area contributed by atoms with E-state index in [1.165, 1.54) is 0 Å². The van der Waals surface area contributed by atoms with Crippen molar-refractivity contribution in [3.8, 4) is 0 Å². The van der Waals surface area contributed by atoms with Crippen LogP contribution in [0.2, 0.25) is 0 Å². The van der Waals surface area contributed by atoms with Gasteiger partial charge < -0.3 is 10.2 Å². The lowest BCUT2D eigenvalue weighted by molar-refractivity contribution is -0.138. The van der Waals surface area contributed by atoms with Gasteiger partial charge in [0.2, 0.25) is 0 Å². The molecule has 0 saturated heterocycles. The molecule has 0 aliphatic rings. The van der Waals surface area contributed by atoms with Crippen molar-refractivity contribution in [1.29, 1.82) is 0 Å². The van der Waals surface area contributed by atoms with Crippen molar-refractivity contribution in [2.24, 2.45) is 11.8 Å². The lowest BCUT2D eigenvalue weighted by Crippen LogP contribution is -2.29. The summed E-state index contributed by atoms with van der Waals surface area (Å²) in [4.78, 5) is 21.4. The molecule has 0 aliphatic heterocycles. The maximum absolute atomic E-state index is 10.7. The molecule has 22 heavy (non-hydrogen) atoms. The first-order chi connectivity index (χ1) is 9.88. The highest BCUT2D eigenvalue weighted by Gasteiger charge is 2.33. The van der Waals surface area contributed by atoms with Crippen LogP contribution in [-0.4, -0.2) is 31.6 Å². The summed E-state index contributed by atoms with van der Waals surface area (Å²) >= 11 is 0. The summed E-state index contributed by atoms with van der Waals surface area (Å²) in [6.07, 6.45) is 1.75. The van der Waals surface area contributed by atoms with E-state index in [1.54, 1.807) is 21.6 Å². The molecule has 0 aromatic carbocycles. The summed E-state index contributed by atoms with van der Waals surface area (Å²) in [6.45, 7) is 12.8. The fourth-order valence-electron chi connectivity index (χ4n) is 1.75. The topological polar surface area (TPSA) is 74.6 Å². The van der Waals surface area contributed by atoms with E-state index in [0.29, 0.717) is 24.7 Å². The van der Waals surface area contributed by atoms with Crippen molar-refractivity contribution < 1.29 is 19.8 Å². The third kappa shape index (κ3) is 8.32. The summed E-state index contributed by atoms with van der Waals surface area (Å²) in [5.74, 6) is -0.900. The average Bonchev–Trinajstić information content (AvgIpc) is 2.39. The van der Waals surface area contributed by atoms with Gasteiger partial charge in [-0.3, -0.25) is 9.59 Å². The Morgan fingerprint density at radius 3 is 1.32 bits per heavy atom. The molecule has 0 fully saturated rings. The first-order valence-corrected chi connectivity index (χ1v) is 9.84. The highest BCUT2D eigenvalue weighted by molar-refractivity contribution is 8.77. The molecule has 0 heterocycles. The third-order valence-electron chi connectivity index (χ3n) is 4.43. The summed E-state index contributed by atoms with van der Waals surface area (Å²) in [7, 11) is 3.57. The Bertz CT molecular complexity index is 344. The molecule has 0 saturated carbocycles. The highest BCUT2D eigenvalue weighted by Crippen LogP contribution is 2.50. The molecule has 0 aromatic rings. The number of carboxylic acid groups (broad SMARTS) is 2. The lowest BCUT2D eigenvalue weighted by Gasteiger charge is -2.36. The number of aliphatic carboxylic acids is 2. The Morgan fingerprint density at radius 1 is 0.818 bits per heavy atom. The van der Waals surface area contributed by atoms with Gasteiger partial charge in [0.25, 0.3) is 0 Å². The Labute approximate surface area is 142 Å². The van der Waals surface area contributed by atoms with Crippen LogP contribution in [0.15, 0.2) is 0 Å². The van der Waals surface area contributed by atoms with Gasteiger partial charge in [0, 0.05) is 22.3 Å². The summed E-state index contributed by atoms with van der Waals surface area (Å²) in [6, 6.07) is 0. The zero-order valence-corrected chi connectivity index (χ0v) is 16.1. The van der Waals surface area contributed by atoms with Gasteiger partial charge in [-0.25, -0.2) is 0 Å². The second-order valence-corrected chi connectivity index (χ2v) is 10.5. The Balaban J connectivity index is 4.47. The van der Waals surface area contributed by atoms with Gasteiger partial charge in [-0.05, 0) is 52.4 Å². The van der Waals surface area contributed by atoms with Crippen LogP contribution >= 0.6 is 21.6 Å². The minimum absolute atomic E-state index is 0.0239. The maximum atomic E-state index is 10.7. The summed E-state index contributed by atoms with van der Waals surface area (Å²) < 4.78 is -0.0478. The molecule has 2 atom stereocenters. The SMILES string of the molecule is CC(CCC(=O)O)C(C)(C)SSC(C)(C)C(C)CCC(=O)O. The Kier molecular flexibility index (Phi) is 8.91. The van der Waals surface area contributed by atoms with Crippen molar-refractivity contribution in [2.75, 3.05) is 0 Å². The number of carboxylic acids is 2. The molecule has 130 valence electrons. The van der Waals surface area contributed by atoms with Gasteiger partial charge in [0.15, 0.2) is 0 Å². The van der Waals surface area contributed by atoms with Gasteiger partial charge in [0.05, 0.1) is 0 Å². The molecular formula is C16H30O4S2. The second kappa shape index (κ2) is 9.06. The van der Waals surface area contributed by atoms with E-state index in [-0.39, 0.29) is 22.3 Å². The fraction of sp³-hybridized carbons (Fsp3) is 0.875. The number of hydrogen-bond donors (Lipinski definition) is 2. The van der Waals surface area contributed by atoms with Gasteiger partial charge in [-0.1, -0.05) is 35.4 Å². The fourth-order valence-corrected chi connectivity index (χ4v) is 5.02. The van der Waals surface area contributed by atoms with Gasteiger partial charge >= 0.3 is 11.9 Å². The van der Waals surface area contributed by atoms with E-state index in [0.717, 1.165) is 0 Å². The summed E-state index contributed by atoms with van der Waals surface area (Å²) in [5, 5.41) is 17.6. The number of carbonyl (C=O) groups is 2. The van der Waals surface area contributed by atoms with Crippen LogP contribution in [0, 0.1) is 11.8 Å². The van der Waals surface area contributed by atoms with Crippen LogP contribution in [0.4, 0.5) is 0 Å². The molecule has 0 aliphatic carbocycles. The van der Waals surface area contributed by atoms with Crippen LogP contribution in [0.1, 0.15) is 67.2 Å². The van der Waals surface area contributed by atoms with Crippen LogP contribution in [0.3, 0.4) is 0 Å². The molecule has 0 aromatic heterocycles. The molecule has 2 unspecified atom stereocenters. The molecule has 0 radical (unpaired) electrons. The van der Waals surface area contributed by atoms with E-state index in [9.17, 15) is 9.59 Å². The van der Waals surface area contributed by atoms with Crippen molar-refractivity contribution in [2.45, 2.75) is 76.7 Å². The quantitative estimate of drug-likeness (QED) is 0.515. The first kappa shape index (κ1) is 21.6. The molecule has 2 N–H and O–H groups in total. The smallest absolute Gasteiger partial charge is 0.303 e. The van der Waals surface area contributed by atoms with E-state index in [4.69, 9.17) is 10.2 Å². The Hall–Kier alpha value is -0.360. The standard InChI is InChI=1S/C16H30O4S2/c1-11(7-9-13(17)18)15(3,4)21-22-16(5,6)12(2)8-10-14(19)20/h11-12H,7-10H2,1-6H3,(H,17,18)(H,19,20). The monoisotopic (exact) mass is 350 g/mol. The van der Waals surface area contributed by atoms with E-state index < -0.39 is 11.9 Å². The zero-order valence-electron chi connectivity index (χ0n) is 14.5. The largest absolute Gasteiger partial charge is 0.481 e. The lowest BCUT2D eigenvalue weighted by atomic mass is 9.92. The van der Waals surface area contributed by atoms with Crippen LogP contribution in [0.5, 0.6) is 0 Å². The van der Waals surface area contributed by atoms with Crippen LogP contribution in [-0.2, 0) is 9.59 Å². The van der Waals surface area contributed by atoms with Crippen molar-refractivity contribution >= 4 is 33.5 Å². The van der Waals surface area contributed by atoms with Gasteiger partial charge in [0.1, 0.15) is 0 Å². The predicted molar refractivity (Wildman–Crippen MR) is 95.4 cm³/mol. The van der Waals surface area contributed by atoms with E-state index in [1.807, 2.05) is 0 Å². The zero-order chi connectivity index (χ0) is 17.6. The first-order valence-electron chi connectivity index (χ1n) is 7.69. The second-order valence-electron chi connectivity index (χ2n) is 7.04. The molecule has 0 amide bonds. The molecule has 0 spiro atoms. The molecular weight excluding hydrogens is 320 g/mol. The van der Waals surface area contributed by atoms with Crippen molar-refractivity contribution in [1.82, 2.24) is 0 Å². The van der Waals surface area contributed by atoms with Crippen molar-refractivity contribution in [3.05, 3.63) is 0 Å². The van der Waals surface area contributed by atoms with E-state index >= 15 is 0 Å². The normalized spacial score (nSPS) is 15.4. The number of hydrogen-bond acceptors (Lipinski definition) is 4. The molecule has 0 bridgehead atoms. The Morgan fingerprint density at radius 2 is 1.09 bits per heavy atom. The van der Waals surface area contributed by atoms with Gasteiger partial charge in [-0.15, -0.1) is 0 Å². The molecule has 6 heteroatoms. The molecule has 0 rings (SSSR count). The van der Waals surface area contributed by atoms with Crippen LogP contribution < -0.4 is 0 Å². The highest BCUT2D eigenvalue weighted by atomic mass is 33.1. The maximum Gasteiger partial charge on any atom is 0.303 e. The molecule has 4 nitrogen and oxygen atoms in total. The third-order valence-corrected chi connectivity index (χ3v) is 9.00. The van der Waals surface area contributed by atoms with Gasteiger partial charge in [-0.2, -0.15) is 0 Å². The predicted octanol–water partition coefficient (Wildman–Crippen LogP) is 4.93.